The summed E-state index contributed by atoms with van der Waals surface area (Å²) >= 11 is 0. The monoisotopic (exact) mass is 422 g/mol. The van der Waals surface area contributed by atoms with E-state index in [1.54, 1.807) is 36.4 Å². The molecule has 0 aromatic heterocycles. The molecule has 1 aliphatic rings. The molecule has 1 fully saturated rings. The standard InChI is InChI=1S/C22H22N4O5/c1-2-15-5-3-4-6-17(15)24-20(28)12-26-21(29)18(25-22(26)30)11-14-7-9-16(10-8-14)31-13-19(23)27/h3-11H,2,12-13H2,1H3,(H2,23,27)(H,24,28)(H,25,30)/b18-11+. The highest BCUT2D eigenvalue weighted by molar-refractivity contribution is 6.16. The Kier molecular flexibility index (Phi) is 6.66. The first-order chi connectivity index (χ1) is 14.9. The Balaban J connectivity index is 1.65. The second kappa shape index (κ2) is 9.57. The van der Waals surface area contributed by atoms with Crippen LogP contribution in [-0.4, -0.2) is 41.8 Å². The van der Waals surface area contributed by atoms with Gasteiger partial charge < -0.3 is 21.1 Å². The molecule has 1 aliphatic heterocycles. The lowest BCUT2D eigenvalue weighted by Gasteiger charge is -2.13. The van der Waals surface area contributed by atoms with Crippen LogP contribution in [0.2, 0.25) is 0 Å². The Morgan fingerprint density at radius 2 is 1.84 bits per heavy atom. The van der Waals surface area contributed by atoms with Gasteiger partial charge in [-0.15, -0.1) is 0 Å². The number of primary amides is 1. The molecule has 0 aliphatic carbocycles. The number of anilines is 1. The molecule has 3 rings (SSSR count). The molecule has 0 saturated carbocycles. The van der Waals surface area contributed by atoms with Gasteiger partial charge in [-0.25, -0.2) is 9.69 Å². The lowest BCUT2D eigenvalue weighted by Crippen LogP contribution is -2.38. The van der Waals surface area contributed by atoms with E-state index in [4.69, 9.17) is 10.5 Å². The molecule has 1 saturated heterocycles. The summed E-state index contributed by atoms with van der Waals surface area (Å²) in [5.74, 6) is -1.22. The normalized spacial score (nSPS) is 14.5. The Hall–Kier alpha value is -4.14. The van der Waals surface area contributed by atoms with E-state index in [0.29, 0.717) is 17.0 Å². The summed E-state index contributed by atoms with van der Waals surface area (Å²) in [6, 6.07) is 13.2. The van der Waals surface area contributed by atoms with Gasteiger partial charge in [0.2, 0.25) is 5.91 Å². The first-order valence-corrected chi connectivity index (χ1v) is 9.61. The minimum absolute atomic E-state index is 0.0533. The molecule has 2 aromatic rings. The van der Waals surface area contributed by atoms with Gasteiger partial charge in [-0.2, -0.15) is 0 Å². The summed E-state index contributed by atoms with van der Waals surface area (Å²) in [5, 5.41) is 5.22. The number of nitrogens with zero attached hydrogens (tertiary/aromatic N) is 1. The maximum absolute atomic E-state index is 12.6. The maximum Gasteiger partial charge on any atom is 0.329 e. The lowest BCUT2D eigenvalue weighted by atomic mass is 10.1. The van der Waals surface area contributed by atoms with Crippen LogP contribution in [0, 0.1) is 0 Å². The van der Waals surface area contributed by atoms with Crippen LogP contribution in [0.15, 0.2) is 54.2 Å². The number of imide groups is 1. The molecule has 9 nitrogen and oxygen atoms in total. The van der Waals surface area contributed by atoms with Crippen molar-refractivity contribution in [3.8, 4) is 5.75 Å². The quantitative estimate of drug-likeness (QED) is 0.440. The fourth-order valence-electron chi connectivity index (χ4n) is 2.98. The molecule has 160 valence electrons. The van der Waals surface area contributed by atoms with Crippen molar-refractivity contribution in [3.63, 3.8) is 0 Å². The highest BCUT2D eigenvalue weighted by Gasteiger charge is 2.34. The van der Waals surface area contributed by atoms with Gasteiger partial charge in [0.25, 0.3) is 11.8 Å². The van der Waals surface area contributed by atoms with E-state index in [1.165, 1.54) is 6.08 Å². The summed E-state index contributed by atoms with van der Waals surface area (Å²) in [6.07, 6.45) is 2.22. The molecule has 5 amide bonds. The SMILES string of the molecule is CCc1ccccc1NC(=O)CN1C(=O)N/C(=C/c2ccc(OCC(N)=O)cc2)C1=O. The Labute approximate surface area is 178 Å². The summed E-state index contributed by atoms with van der Waals surface area (Å²) in [4.78, 5) is 48.8. The second-order valence-electron chi connectivity index (χ2n) is 6.76. The fraction of sp³-hybridized carbons (Fsp3) is 0.182. The van der Waals surface area contributed by atoms with Gasteiger partial charge in [0, 0.05) is 5.69 Å². The van der Waals surface area contributed by atoms with Crippen molar-refractivity contribution in [2.75, 3.05) is 18.5 Å². The van der Waals surface area contributed by atoms with Crippen LogP contribution < -0.4 is 21.1 Å². The van der Waals surface area contributed by atoms with E-state index in [9.17, 15) is 19.2 Å². The van der Waals surface area contributed by atoms with Crippen LogP contribution in [0.3, 0.4) is 0 Å². The Morgan fingerprint density at radius 3 is 2.52 bits per heavy atom. The van der Waals surface area contributed by atoms with Crippen molar-refractivity contribution in [2.24, 2.45) is 5.73 Å². The van der Waals surface area contributed by atoms with Crippen LogP contribution in [-0.2, 0) is 20.8 Å². The highest BCUT2D eigenvalue weighted by atomic mass is 16.5. The predicted molar refractivity (Wildman–Crippen MR) is 114 cm³/mol. The molecular weight excluding hydrogens is 400 g/mol. The molecule has 0 radical (unpaired) electrons. The van der Waals surface area contributed by atoms with Crippen LogP contribution in [0.1, 0.15) is 18.1 Å². The fourth-order valence-corrected chi connectivity index (χ4v) is 2.98. The number of aryl methyl sites for hydroxylation is 1. The number of hydrogen-bond donors (Lipinski definition) is 3. The van der Waals surface area contributed by atoms with Crippen molar-refractivity contribution in [1.29, 1.82) is 0 Å². The van der Waals surface area contributed by atoms with Crippen molar-refractivity contribution >= 4 is 35.5 Å². The number of rotatable bonds is 8. The number of hydrogen-bond acceptors (Lipinski definition) is 5. The third kappa shape index (κ3) is 5.47. The van der Waals surface area contributed by atoms with Gasteiger partial charge >= 0.3 is 6.03 Å². The van der Waals surface area contributed by atoms with Crippen molar-refractivity contribution in [1.82, 2.24) is 10.2 Å². The van der Waals surface area contributed by atoms with E-state index in [-0.39, 0.29) is 12.3 Å². The van der Waals surface area contributed by atoms with E-state index < -0.39 is 30.3 Å². The number of amides is 5. The van der Waals surface area contributed by atoms with Gasteiger partial charge in [0.15, 0.2) is 6.61 Å². The predicted octanol–water partition coefficient (Wildman–Crippen LogP) is 1.64. The molecule has 4 N–H and O–H groups in total. The first kappa shape index (κ1) is 21.6. The summed E-state index contributed by atoms with van der Waals surface area (Å²) in [5.41, 5.74) is 7.31. The van der Waals surface area contributed by atoms with Crippen molar-refractivity contribution < 1.29 is 23.9 Å². The smallest absolute Gasteiger partial charge is 0.329 e. The van der Waals surface area contributed by atoms with Gasteiger partial charge in [0.1, 0.15) is 18.0 Å². The van der Waals surface area contributed by atoms with E-state index in [0.717, 1.165) is 16.9 Å². The molecule has 0 unspecified atom stereocenters. The van der Waals surface area contributed by atoms with Crippen molar-refractivity contribution in [2.45, 2.75) is 13.3 Å². The van der Waals surface area contributed by atoms with E-state index >= 15 is 0 Å². The Bertz CT molecular complexity index is 1050. The molecule has 0 spiro atoms. The third-order valence-corrected chi connectivity index (χ3v) is 4.51. The summed E-state index contributed by atoms with van der Waals surface area (Å²) in [7, 11) is 0. The van der Waals surface area contributed by atoms with Gasteiger partial charge in [0.05, 0.1) is 0 Å². The number of nitrogens with one attached hydrogen (secondary N) is 2. The largest absolute Gasteiger partial charge is 0.484 e. The molecular formula is C22H22N4O5. The lowest BCUT2D eigenvalue weighted by molar-refractivity contribution is -0.127. The average Bonchev–Trinajstić information content (AvgIpc) is 3.01. The number of carbonyl (C=O) groups excluding carboxylic acids is 4. The molecule has 0 bridgehead atoms. The number of ether oxygens (including phenoxy) is 1. The third-order valence-electron chi connectivity index (χ3n) is 4.51. The topological polar surface area (TPSA) is 131 Å². The van der Waals surface area contributed by atoms with Crippen LogP contribution in [0.4, 0.5) is 10.5 Å². The van der Waals surface area contributed by atoms with E-state index in [1.807, 2.05) is 19.1 Å². The summed E-state index contributed by atoms with van der Waals surface area (Å²) < 4.78 is 5.17. The minimum Gasteiger partial charge on any atom is -0.484 e. The number of para-hydroxylation sites is 1. The zero-order valence-electron chi connectivity index (χ0n) is 16.9. The second-order valence-corrected chi connectivity index (χ2v) is 6.76. The maximum atomic E-state index is 12.6. The van der Waals surface area contributed by atoms with Crippen molar-refractivity contribution in [3.05, 3.63) is 65.4 Å². The molecule has 0 atom stereocenters. The van der Waals surface area contributed by atoms with Gasteiger partial charge in [-0.05, 0) is 41.8 Å². The van der Waals surface area contributed by atoms with Gasteiger partial charge in [-0.1, -0.05) is 37.3 Å². The first-order valence-electron chi connectivity index (χ1n) is 9.61. The minimum atomic E-state index is -0.670. The number of urea groups is 1. The zero-order valence-corrected chi connectivity index (χ0v) is 16.9. The summed E-state index contributed by atoms with van der Waals surface area (Å²) in [6.45, 7) is 1.32. The molecule has 2 aromatic carbocycles. The molecule has 31 heavy (non-hydrogen) atoms. The Morgan fingerprint density at radius 1 is 1.13 bits per heavy atom. The zero-order chi connectivity index (χ0) is 22.4. The molecule has 9 heteroatoms. The van der Waals surface area contributed by atoms with E-state index in [2.05, 4.69) is 10.6 Å². The highest BCUT2D eigenvalue weighted by Crippen LogP contribution is 2.18. The van der Waals surface area contributed by atoms with Gasteiger partial charge in [-0.3, -0.25) is 14.4 Å². The van der Waals surface area contributed by atoms with Crippen LogP contribution >= 0.6 is 0 Å². The average molecular weight is 422 g/mol. The molecule has 1 heterocycles. The number of carbonyl (C=O) groups is 4. The number of benzene rings is 2. The van der Waals surface area contributed by atoms with Crippen LogP contribution in [0.5, 0.6) is 5.75 Å². The number of nitrogens with two attached hydrogens (primary N) is 1. The van der Waals surface area contributed by atoms with Crippen LogP contribution in [0.25, 0.3) is 6.08 Å².